The first-order chi connectivity index (χ1) is 19.7. The number of halogens is 2. The number of nitrogens with zero attached hydrogens (tertiary/aromatic N) is 1. The predicted molar refractivity (Wildman–Crippen MR) is 157 cm³/mol. The van der Waals surface area contributed by atoms with Crippen LogP contribution in [0.3, 0.4) is 0 Å². The van der Waals surface area contributed by atoms with E-state index in [-0.39, 0.29) is 22.4 Å². The quantitative estimate of drug-likeness (QED) is 0.177. The maximum Gasteiger partial charge on any atom is 0.336 e. The van der Waals surface area contributed by atoms with Gasteiger partial charge in [0.15, 0.2) is 6.10 Å². The zero-order valence-corrected chi connectivity index (χ0v) is 24.3. The number of rotatable bonds is 12. The number of piperidine rings is 1. The number of hydrogen-bond donors (Lipinski definition) is 1. The molecule has 41 heavy (non-hydrogen) atoms. The third-order valence-corrected chi connectivity index (χ3v) is 8.19. The highest BCUT2D eigenvalue weighted by atomic mass is 35.5. The molecule has 1 saturated heterocycles. The van der Waals surface area contributed by atoms with Crippen LogP contribution in [-0.4, -0.2) is 41.1 Å². The Bertz CT molecular complexity index is 1440. The Balaban J connectivity index is 1.45. The molecule has 3 atom stereocenters. The van der Waals surface area contributed by atoms with Crippen LogP contribution in [0, 0.1) is 17.7 Å². The highest BCUT2D eigenvalue weighted by Crippen LogP contribution is 2.35. The highest BCUT2D eigenvalue weighted by Gasteiger charge is 2.34. The number of hydrogen-bond acceptors (Lipinski definition) is 5. The Hall–Kier alpha value is -3.39. The van der Waals surface area contributed by atoms with E-state index in [1.54, 1.807) is 30.0 Å². The van der Waals surface area contributed by atoms with Gasteiger partial charge in [-0.25, -0.2) is 9.18 Å². The summed E-state index contributed by atoms with van der Waals surface area (Å²) in [4.78, 5) is 39.4. The van der Waals surface area contributed by atoms with Crippen LogP contribution in [0.1, 0.15) is 65.2 Å². The number of benzene rings is 2. The molecule has 3 aromatic rings. The lowest BCUT2D eigenvalue weighted by Crippen LogP contribution is -2.48. The number of carboxylic acid groups (broad SMARTS) is 1. The van der Waals surface area contributed by atoms with Crippen LogP contribution in [0.4, 0.5) is 4.39 Å². The van der Waals surface area contributed by atoms with E-state index in [9.17, 15) is 23.9 Å². The van der Waals surface area contributed by atoms with Gasteiger partial charge >= 0.3 is 11.6 Å². The summed E-state index contributed by atoms with van der Waals surface area (Å²) in [5.41, 5.74) is 0.622. The normalized spacial score (nSPS) is 16.9. The lowest BCUT2D eigenvalue weighted by molar-refractivity contribution is -0.148. The van der Waals surface area contributed by atoms with Crippen LogP contribution in [-0.2, 0) is 9.59 Å². The van der Waals surface area contributed by atoms with Crippen LogP contribution < -0.4 is 10.4 Å². The minimum Gasteiger partial charge on any atom is -0.481 e. The molecule has 1 amide bonds. The van der Waals surface area contributed by atoms with Crippen molar-refractivity contribution in [2.75, 3.05) is 13.1 Å². The fourth-order valence-corrected chi connectivity index (χ4v) is 5.99. The molecule has 2 aromatic carbocycles. The molecule has 7 nitrogen and oxygen atoms in total. The van der Waals surface area contributed by atoms with Crippen LogP contribution in [0.5, 0.6) is 5.75 Å². The van der Waals surface area contributed by atoms with Crippen molar-refractivity contribution in [3.63, 3.8) is 0 Å². The number of carbonyl (C=O) groups excluding carboxylic acids is 1. The second-order valence-electron chi connectivity index (χ2n) is 10.9. The van der Waals surface area contributed by atoms with Crippen molar-refractivity contribution in [1.82, 2.24) is 4.90 Å². The summed E-state index contributed by atoms with van der Waals surface area (Å²) in [7, 11) is 0. The summed E-state index contributed by atoms with van der Waals surface area (Å²) in [6, 6.07) is 10.2. The van der Waals surface area contributed by atoms with Crippen LogP contribution >= 0.6 is 11.6 Å². The Morgan fingerprint density at radius 3 is 2.63 bits per heavy atom. The summed E-state index contributed by atoms with van der Waals surface area (Å²) in [5, 5.41) is 10.6. The zero-order chi connectivity index (χ0) is 29.5. The average molecular weight is 586 g/mol. The van der Waals surface area contributed by atoms with Crippen molar-refractivity contribution in [2.24, 2.45) is 11.8 Å². The van der Waals surface area contributed by atoms with E-state index in [1.165, 1.54) is 24.3 Å². The summed E-state index contributed by atoms with van der Waals surface area (Å²) in [6.07, 6.45) is 6.67. The van der Waals surface area contributed by atoms with Crippen molar-refractivity contribution < 1.29 is 28.2 Å². The standard InChI is InChI=1S/C32H37ClFNO6/c1-3-4-5-6-7-10-24(32(38)39)21-9-8-15-35(19-21)31(37)20(2)40-23-12-14-26-27(18-30(36)41-29(26)17-23)25-13-11-22(34)16-28(25)33/h11-14,16-18,20-21,24H,3-10,15,19H2,1-2H3,(H,38,39)/t20-,21+,24?/m1/s1. The minimum absolute atomic E-state index is 0.0878. The molecule has 0 bridgehead atoms. The summed E-state index contributed by atoms with van der Waals surface area (Å²) < 4.78 is 24.9. The zero-order valence-electron chi connectivity index (χ0n) is 23.5. The van der Waals surface area contributed by atoms with Gasteiger partial charge in [0.05, 0.1) is 10.9 Å². The number of likely N-dealkylation sites (tertiary alicyclic amines) is 1. The molecular formula is C32H37ClFNO6. The fraction of sp³-hybridized carbons (Fsp3) is 0.469. The number of carboxylic acids is 1. The van der Waals surface area contributed by atoms with E-state index in [1.807, 2.05) is 0 Å². The van der Waals surface area contributed by atoms with Gasteiger partial charge in [0.1, 0.15) is 17.1 Å². The lowest BCUT2D eigenvalue weighted by Gasteiger charge is -2.36. The van der Waals surface area contributed by atoms with Gasteiger partial charge in [-0.05, 0) is 62.4 Å². The molecule has 1 aromatic heterocycles. The summed E-state index contributed by atoms with van der Waals surface area (Å²) in [5.74, 6) is -1.70. The molecule has 4 rings (SSSR count). The second kappa shape index (κ2) is 14.0. The van der Waals surface area contributed by atoms with Crippen LogP contribution in [0.15, 0.2) is 51.7 Å². The molecule has 1 N–H and O–H groups in total. The first-order valence-corrected chi connectivity index (χ1v) is 14.8. The molecule has 220 valence electrons. The van der Waals surface area contributed by atoms with Crippen molar-refractivity contribution in [1.29, 1.82) is 0 Å². The van der Waals surface area contributed by atoms with E-state index in [2.05, 4.69) is 6.92 Å². The number of aliphatic carboxylic acids is 1. The van der Waals surface area contributed by atoms with E-state index < -0.39 is 29.4 Å². The molecule has 0 radical (unpaired) electrons. The third kappa shape index (κ3) is 7.67. The van der Waals surface area contributed by atoms with Gasteiger partial charge in [-0.2, -0.15) is 0 Å². The molecule has 9 heteroatoms. The Kier molecular flexibility index (Phi) is 10.4. The Morgan fingerprint density at radius 1 is 1.12 bits per heavy atom. The van der Waals surface area contributed by atoms with Gasteiger partial charge in [-0.15, -0.1) is 0 Å². The molecule has 2 heterocycles. The Labute approximate surface area is 244 Å². The van der Waals surface area contributed by atoms with Gasteiger partial charge in [0, 0.05) is 41.7 Å². The van der Waals surface area contributed by atoms with E-state index in [0.29, 0.717) is 41.8 Å². The molecule has 1 unspecified atom stereocenters. The maximum absolute atomic E-state index is 13.6. The number of fused-ring (bicyclic) bond motifs is 1. The van der Waals surface area contributed by atoms with Crippen molar-refractivity contribution in [2.45, 2.75) is 71.3 Å². The lowest BCUT2D eigenvalue weighted by atomic mass is 9.82. The van der Waals surface area contributed by atoms with Crippen molar-refractivity contribution in [3.05, 3.63) is 63.7 Å². The third-order valence-electron chi connectivity index (χ3n) is 7.87. The largest absolute Gasteiger partial charge is 0.481 e. The SMILES string of the molecule is CCCCCCCC(C(=O)O)[C@H]1CCCN(C(=O)[C@@H](C)Oc2ccc3c(-c4ccc(F)cc4Cl)cc(=O)oc3c2)C1. The van der Waals surface area contributed by atoms with Gasteiger partial charge in [0.25, 0.3) is 5.91 Å². The second-order valence-corrected chi connectivity index (χ2v) is 11.3. The fourth-order valence-electron chi connectivity index (χ4n) is 5.73. The average Bonchev–Trinajstić information content (AvgIpc) is 2.94. The maximum atomic E-state index is 13.6. The van der Waals surface area contributed by atoms with Gasteiger partial charge in [0.2, 0.25) is 0 Å². The first-order valence-electron chi connectivity index (χ1n) is 14.4. The van der Waals surface area contributed by atoms with Crippen molar-refractivity contribution in [3.8, 4) is 16.9 Å². The summed E-state index contributed by atoms with van der Waals surface area (Å²) >= 11 is 6.24. The molecular weight excluding hydrogens is 549 g/mol. The molecule has 1 fully saturated rings. The van der Waals surface area contributed by atoms with Crippen molar-refractivity contribution >= 4 is 34.4 Å². The van der Waals surface area contributed by atoms with Crippen LogP contribution in [0.25, 0.3) is 22.1 Å². The molecule has 0 spiro atoms. The predicted octanol–water partition coefficient (Wildman–Crippen LogP) is 7.32. The number of unbranched alkanes of at least 4 members (excludes halogenated alkanes) is 4. The highest BCUT2D eigenvalue weighted by molar-refractivity contribution is 6.33. The van der Waals surface area contributed by atoms with Gasteiger partial charge in [-0.3, -0.25) is 9.59 Å². The van der Waals surface area contributed by atoms with Crippen LogP contribution in [0.2, 0.25) is 5.02 Å². The number of amides is 1. The smallest absolute Gasteiger partial charge is 0.336 e. The molecule has 0 aliphatic carbocycles. The van der Waals surface area contributed by atoms with Gasteiger partial charge < -0.3 is 19.2 Å². The van der Waals surface area contributed by atoms with E-state index in [4.69, 9.17) is 20.8 Å². The van der Waals surface area contributed by atoms with E-state index >= 15 is 0 Å². The summed E-state index contributed by atoms with van der Waals surface area (Å²) in [6.45, 7) is 4.76. The molecule has 1 aliphatic rings. The molecule has 1 aliphatic heterocycles. The van der Waals surface area contributed by atoms with E-state index in [0.717, 1.165) is 44.9 Å². The number of carbonyl (C=O) groups is 2. The molecule has 0 saturated carbocycles. The minimum atomic E-state index is -0.829. The topological polar surface area (TPSA) is 97.0 Å². The monoisotopic (exact) mass is 585 g/mol. The first kappa shape index (κ1) is 30.6. The Morgan fingerprint density at radius 2 is 1.90 bits per heavy atom. The number of ether oxygens (including phenoxy) is 1. The van der Waals surface area contributed by atoms with Gasteiger partial charge in [-0.1, -0.05) is 50.6 Å².